The fraction of sp³-hybridized carbons (Fsp3) is 0.250. The Bertz CT molecular complexity index is 310. The van der Waals surface area contributed by atoms with Gasteiger partial charge in [0.1, 0.15) is 5.82 Å². The summed E-state index contributed by atoms with van der Waals surface area (Å²) in [4.78, 5) is 9.62. The van der Waals surface area contributed by atoms with Gasteiger partial charge in [-0.25, -0.2) is 4.39 Å². The van der Waals surface area contributed by atoms with Gasteiger partial charge in [0.05, 0.1) is 0 Å². The van der Waals surface area contributed by atoms with Crippen molar-refractivity contribution in [2.24, 2.45) is 0 Å². The minimum absolute atomic E-state index is 0.171. The molecule has 0 saturated carbocycles. The molecule has 0 N–H and O–H groups in total. The first kappa shape index (κ1) is 10.1. The summed E-state index contributed by atoms with van der Waals surface area (Å²) < 4.78 is 13.4. The highest BCUT2D eigenvalue weighted by atomic mass is 79.9. The molecular formula is C8H7BrFNO2. The number of benzene rings is 1. The molecule has 0 amide bonds. The zero-order chi connectivity index (χ0) is 9.84. The number of nitrogens with zero attached hydrogens (tertiary/aromatic N) is 1. The summed E-state index contributed by atoms with van der Waals surface area (Å²) in [5.74, 6) is -0.382. The van der Waals surface area contributed by atoms with Crippen LogP contribution in [-0.4, -0.2) is 11.5 Å². The molecule has 0 radical (unpaired) electrons. The SMILES string of the molecule is O=[N+]([O-])CCc1cc(F)cc(Br)c1. The lowest BCUT2D eigenvalue weighted by Crippen LogP contribution is -2.04. The highest BCUT2D eigenvalue weighted by molar-refractivity contribution is 9.10. The Morgan fingerprint density at radius 3 is 2.69 bits per heavy atom. The van der Waals surface area contributed by atoms with Crippen molar-refractivity contribution < 1.29 is 9.31 Å². The van der Waals surface area contributed by atoms with Gasteiger partial charge < -0.3 is 0 Å². The molecule has 0 unspecified atom stereocenters. The summed E-state index contributed by atoms with van der Waals surface area (Å²) in [6.07, 6.45) is 0.253. The summed E-state index contributed by atoms with van der Waals surface area (Å²) in [6, 6.07) is 4.29. The minimum atomic E-state index is -0.418. The molecule has 0 bridgehead atoms. The topological polar surface area (TPSA) is 43.1 Å². The molecule has 70 valence electrons. The number of rotatable bonds is 3. The molecular weight excluding hydrogens is 241 g/mol. The summed E-state index contributed by atoms with van der Waals surface area (Å²) in [5, 5.41) is 10.0. The Morgan fingerprint density at radius 2 is 2.15 bits per heavy atom. The fourth-order valence-corrected chi connectivity index (χ4v) is 1.49. The van der Waals surface area contributed by atoms with Crippen molar-refractivity contribution in [3.05, 3.63) is 44.2 Å². The summed E-state index contributed by atoms with van der Waals surface area (Å²) in [6.45, 7) is -0.171. The lowest BCUT2D eigenvalue weighted by Gasteiger charge is -1.98. The van der Waals surface area contributed by atoms with Crippen LogP contribution in [0.25, 0.3) is 0 Å². The second kappa shape index (κ2) is 4.32. The molecule has 0 fully saturated rings. The van der Waals surface area contributed by atoms with E-state index in [1.165, 1.54) is 12.1 Å². The quantitative estimate of drug-likeness (QED) is 0.608. The molecule has 0 spiro atoms. The van der Waals surface area contributed by atoms with Gasteiger partial charge in [0.15, 0.2) is 0 Å². The molecule has 0 aliphatic rings. The Balaban J connectivity index is 2.71. The number of hydrogen-bond acceptors (Lipinski definition) is 2. The fourth-order valence-electron chi connectivity index (χ4n) is 0.976. The predicted molar refractivity (Wildman–Crippen MR) is 49.7 cm³/mol. The van der Waals surface area contributed by atoms with Crippen molar-refractivity contribution in [1.29, 1.82) is 0 Å². The van der Waals surface area contributed by atoms with E-state index < -0.39 is 4.92 Å². The van der Waals surface area contributed by atoms with Crippen molar-refractivity contribution in [3.63, 3.8) is 0 Å². The Morgan fingerprint density at radius 1 is 1.46 bits per heavy atom. The summed E-state index contributed by atoms with van der Waals surface area (Å²) in [5.41, 5.74) is 0.628. The van der Waals surface area contributed by atoms with Gasteiger partial charge in [0, 0.05) is 15.8 Å². The average molecular weight is 248 g/mol. The van der Waals surface area contributed by atoms with E-state index in [1.807, 2.05) is 0 Å². The predicted octanol–water partition coefficient (Wildman–Crippen LogP) is 2.41. The van der Waals surface area contributed by atoms with Gasteiger partial charge in [0.25, 0.3) is 0 Å². The summed E-state index contributed by atoms with van der Waals surface area (Å²) >= 11 is 3.11. The monoisotopic (exact) mass is 247 g/mol. The highest BCUT2D eigenvalue weighted by Gasteiger charge is 2.02. The third-order valence-electron chi connectivity index (χ3n) is 1.51. The van der Waals surface area contributed by atoms with Gasteiger partial charge in [-0.2, -0.15) is 0 Å². The highest BCUT2D eigenvalue weighted by Crippen LogP contribution is 2.15. The molecule has 3 nitrogen and oxygen atoms in total. The van der Waals surface area contributed by atoms with E-state index in [-0.39, 0.29) is 18.8 Å². The molecule has 0 heterocycles. The third kappa shape index (κ3) is 3.50. The van der Waals surface area contributed by atoms with Crippen LogP contribution in [0.4, 0.5) is 4.39 Å². The van der Waals surface area contributed by atoms with Gasteiger partial charge in [0.2, 0.25) is 6.54 Å². The molecule has 0 aromatic heterocycles. The van der Waals surface area contributed by atoms with E-state index in [0.717, 1.165) is 0 Å². The number of hydrogen-bond donors (Lipinski definition) is 0. The average Bonchev–Trinajstić information content (AvgIpc) is 1.99. The lowest BCUT2D eigenvalue weighted by atomic mass is 10.1. The maximum atomic E-state index is 12.8. The molecule has 1 aromatic rings. The molecule has 0 aliphatic carbocycles. The molecule has 0 aliphatic heterocycles. The minimum Gasteiger partial charge on any atom is -0.265 e. The first-order valence-corrected chi connectivity index (χ1v) is 4.44. The van der Waals surface area contributed by atoms with E-state index in [4.69, 9.17) is 0 Å². The van der Waals surface area contributed by atoms with Crippen LogP contribution in [0, 0.1) is 15.9 Å². The second-order valence-electron chi connectivity index (χ2n) is 2.58. The van der Waals surface area contributed by atoms with E-state index in [1.54, 1.807) is 6.07 Å². The van der Waals surface area contributed by atoms with Crippen molar-refractivity contribution in [2.45, 2.75) is 6.42 Å². The number of halogens is 2. The normalized spacial score (nSPS) is 10.0. The van der Waals surface area contributed by atoms with Crippen LogP contribution < -0.4 is 0 Å². The Kier molecular flexibility index (Phi) is 3.36. The second-order valence-corrected chi connectivity index (χ2v) is 3.50. The lowest BCUT2D eigenvalue weighted by molar-refractivity contribution is -0.479. The zero-order valence-corrected chi connectivity index (χ0v) is 8.25. The van der Waals surface area contributed by atoms with Crippen LogP contribution in [0.2, 0.25) is 0 Å². The third-order valence-corrected chi connectivity index (χ3v) is 1.96. The molecule has 5 heteroatoms. The van der Waals surface area contributed by atoms with Crippen LogP contribution in [0.5, 0.6) is 0 Å². The van der Waals surface area contributed by atoms with Gasteiger partial charge >= 0.3 is 0 Å². The van der Waals surface area contributed by atoms with E-state index >= 15 is 0 Å². The Labute approximate surface area is 82.8 Å². The van der Waals surface area contributed by atoms with Crippen molar-refractivity contribution in [2.75, 3.05) is 6.54 Å². The Hall–Kier alpha value is -0.970. The largest absolute Gasteiger partial charge is 0.265 e. The summed E-state index contributed by atoms with van der Waals surface area (Å²) in [7, 11) is 0. The van der Waals surface area contributed by atoms with Crippen molar-refractivity contribution in [1.82, 2.24) is 0 Å². The van der Waals surface area contributed by atoms with Crippen LogP contribution in [-0.2, 0) is 6.42 Å². The standard InChI is InChI=1S/C8H7BrFNO2/c9-7-3-6(1-2-11(12)13)4-8(10)5-7/h3-5H,1-2H2. The van der Waals surface area contributed by atoms with Crippen molar-refractivity contribution >= 4 is 15.9 Å². The first-order valence-electron chi connectivity index (χ1n) is 3.64. The molecule has 1 aromatic carbocycles. The number of nitro groups is 1. The zero-order valence-electron chi connectivity index (χ0n) is 6.67. The molecule has 0 saturated heterocycles. The van der Waals surface area contributed by atoms with Crippen LogP contribution in [0.3, 0.4) is 0 Å². The molecule has 0 atom stereocenters. The van der Waals surface area contributed by atoms with E-state index in [2.05, 4.69) is 15.9 Å². The van der Waals surface area contributed by atoms with Gasteiger partial charge in [-0.15, -0.1) is 0 Å². The molecule has 13 heavy (non-hydrogen) atoms. The van der Waals surface area contributed by atoms with Crippen LogP contribution >= 0.6 is 15.9 Å². The molecule has 1 rings (SSSR count). The van der Waals surface area contributed by atoms with Gasteiger partial charge in [-0.3, -0.25) is 10.1 Å². The maximum Gasteiger partial charge on any atom is 0.207 e. The van der Waals surface area contributed by atoms with Gasteiger partial charge in [-0.05, 0) is 23.8 Å². The van der Waals surface area contributed by atoms with Crippen molar-refractivity contribution in [3.8, 4) is 0 Å². The van der Waals surface area contributed by atoms with E-state index in [0.29, 0.717) is 10.0 Å². The first-order chi connectivity index (χ1) is 6.08. The van der Waals surface area contributed by atoms with Crippen LogP contribution in [0.15, 0.2) is 22.7 Å². The van der Waals surface area contributed by atoms with Gasteiger partial charge in [-0.1, -0.05) is 15.9 Å². The van der Waals surface area contributed by atoms with Crippen LogP contribution in [0.1, 0.15) is 5.56 Å². The maximum absolute atomic E-state index is 12.8. The smallest absolute Gasteiger partial charge is 0.207 e. The van der Waals surface area contributed by atoms with E-state index in [9.17, 15) is 14.5 Å².